The van der Waals surface area contributed by atoms with Crippen molar-refractivity contribution >= 4 is 16.8 Å². The van der Waals surface area contributed by atoms with Gasteiger partial charge in [0, 0.05) is 30.2 Å². The van der Waals surface area contributed by atoms with Crippen LogP contribution in [0.2, 0.25) is 0 Å². The zero-order valence-corrected chi connectivity index (χ0v) is 15.8. The molecule has 1 aromatic heterocycles. The number of hydrogen-bond donors (Lipinski definition) is 2. The number of pyridine rings is 1. The van der Waals surface area contributed by atoms with Crippen molar-refractivity contribution in [2.75, 3.05) is 13.1 Å². The zero-order valence-electron chi connectivity index (χ0n) is 15.8. The van der Waals surface area contributed by atoms with Crippen molar-refractivity contribution in [2.24, 2.45) is 5.92 Å². The van der Waals surface area contributed by atoms with Gasteiger partial charge in [0.2, 0.25) is 5.91 Å². The summed E-state index contributed by atoms with van der Waals surface area (Å²) in [6.07, 6.45) is 4.00. The molecule has 1 aromatic carbocycles. The summed E-state index contributed by atoms with van der Waals surface area (Å²) in [6.45, 7) is 6.44. The van der Waals surface area contributed by atoms with Gasteiger partial charge in [-0.25, -0.2) is 0 Å². The Morgan fingerprint density at radius 1 is 1.38 bits per heavy atom. The van der Waals surface area contributed by atoms with E-state index in [0.717, 1.165) is 55.2 Å². The van der Waals surface area contributed by atoms with Crippen LogP contribution in [0.4, 0.5) is 0 Å². The van der Waals surface area contributed by atoms with Crippen LogP contribution in [0.3, 0.4) is 0 Å². The van der Waals surface area contributed by atoms with Crippen molar-refractivity contribution in [3.05, 3.63) is 46.2 Å². The molecular weight excluding hydrogens is 326 g/mol. The summed E-state index contributed by atoms with van der Waals surface area (Å²) in [5.41, 5.74) is 1.60. The number of nitrogens with one attached hydrogen (secondary N) is 2. The van der Waals surface area contributed by atoms with E-state index in [2.05, 4.69) is 29.0 Å². The number of benzene rings is 1. The highest BCUT2D eigenvalue weighted by Crippen LogP contribution is 2.19. The monoisotopic (exact) mass is 355 g/mol. The Balaban J connectivity index is 1.66. The topological polar surface area (TPSA) is 65.2 Å². The van der Waals surface area contributed by atoms with Crippen LogP contribution in [0.5, 0.6) is 0 Å². The first kappa shape index (κ1) is 18.6. The van der Waals surface area contributed by atoms with Crippen LogP contribution in [0.25, 0.3) is 10.9 Å². The number of amides is 1. The maximum absolute atomic E-state index is 12.5. The number of likely N-dealkylation sites (tertiary alicyclic amines) is 1. The SMILES string of the molecule is CCCC(C)NC(=O)C1CCCN(Cc2cc3ccccc3[nH]c2=O)C1. The van der Waals surface area contributed by atoms with Crippen LogP contribution in [-0.4, -0.2) is 34.9 Å². The Morgan fingerprint density at radius 3 is 3.00 bits per heavy atom. The summed E-state index contributed by atoms with van der Waals surface area (Å²) in [7, 11) is 0. The fraction of sp³-hybridized carbons (Fsp3) is 0.524. The number of aromatic nitrogens is 1. The van der Waals surface area contributed by atoms with Gasteiger partial charge in [0.15, 0.2) is 0 Å². The van der Waals surface area contributed by atoms with E-state index in [1.807, 2.05) is 30.3 Å². The highest BCUT2D eigenvalue weighted by Gasteiger charge is 2.26. The summed E-state index contributed by atoms with van der Waals surface area (Å²) >= 11 is 0. The van der Waals surface area contributed by atoms with Crippen LogP contribution in [0.15, 0.2) is 35.1 Å². The average Bonchev–Trinajstić information content (AvgIpc) is 2.63. The molecule has 0 spiro atoms. The summed E-state index contributed by atoms with van der Waals surface area (Å²) in [5.74, 6) is 0.172. The fourth-order valence-corrected chi connectivity index (χ4v) is 3.83. The van der Waals surface area contributed by atoms with Crippen molar-refractivity contribution in [3.8, 4) is 0 Å². The van der Waals surface area contributed by atoms with Crippen molar-refractivity contribution in [3.63, 3.8) is 0 Å². The predicted molar refractivity (Wildman–Crippen MR) is 105 cm³/mol. The van der Waals surface area contributed by atoms with Crippen molar-refractivity contribution in [1.29, 1.82) is 0 Å². The smallest absolute Gasteiger partial charge is 0.252 e. The minimum absolute atomic E-state index is 0.0163. The summed E-state index contributed by atoms with van der Waals surface area (Å²) in [5, 5.41) is 4.18. The summed E-state index contributed by atoms with van der Waals surface area (Å²) in [6, 6.07) is 10.0. The first-order valence-electron chi connectivity index (χ1n) is 9.70. The van der Waals surface area contributed by atoms with Gasteiger partial charge in [-0.1, -0.05) is 31.5 Å². The predicted octanol–water partition coefficient (Wildman–Crippen LogP) is 3.04. The van der Waals surface area contributed by atoms with Crippen LogP contribution in [0.1, 0.15) is 45.1 Å². The Morgan fingerprint density at radius 2 is 2.19 bits per heavy atom. The molecule has 0 aliphatic carbocycles. The number of aromatic amines is 1. The third-order valence-corrected chi connectivity index (χ3v) is 5.21. The van der Waals surface area contributed by atoms with Crippen molar-refractivity contribution < 1.29 is 4.79 Å². The molecule has 1 amide bonds. The molecule has 140 valence electrons. The van der Waals surface area contributed by atoms with Gasteiger partial charge in [0.25, 0.3) is 5.56 Å². The highest BCUT2D eigenvalue weighted by molar-refractivity contribution is 5.79. The zero-order chi connectivity index (χ0) is 18.5. The third-order valence-electron chi connectivity index (χ3n) is 5.21. The Kier molecular flexibility index (Phi) is 6.09. The van der Waals surface area contributed by atoms with Crippen LogP contribution < -0.4 is 10.9 Å². The van der Waals surface area contributed by atoms with Crippen molar-refractivity contribution in [1.82, 2.24) is 15.2 Å². The molecule has 1 aliphatic rings. The van der Waals surface area contributed by atoms with Gasteiger partial charge in [-0.2, -0.15) is 0 Å². The quantitative estimate of drug-likeness (QED) is 0.837. The lowest BCUT2D eigenvalue weighted by Gasteiger charge is -2.32. The third kappa shape index (κ3) is 4.52. The molecule has 0 radical (unpaired) electrons. The molecule has 1 saturated heterocycles. The van der Waals surface area contributed by atoms with Gasteiger partial charge >= 0.3 is 0 Å². The maximum atomic E-state index is 12.5. The number of fused-ring (bicyclic) bond motifs is 1. The van der Waals surface area contributed by atoms with E-state index in [0.29, 0.717) is 6.54 Å². The molecule has 26 heavy (non-hydrogen) atoms. The molecule has 5 heteroatoms. The van der Waals surface area contributed by atoms with Gasteiger partial charge in [0.1, 0.15) is 0 Å². The number of carbonyl (C=O) groups is 1. The fourth-order valence-electron chi connectivity index (χ4n) is 3.83. The Bertz CT molecular complexity index is 814. The molecule has 5 nitrogen and oxygen atoms in total. The van der Waals surface area contributed by atoms with E-state index in [9.17, 15) is 9.59 Å². The normalized spacial score (nSPS) is 19.4. The van der Waals surface area contributed by atoms with Gasteiger partial charge in [0.05, 0.1) is 5.92 Å². The first-order valence-corrected chi connectivity index (χ1v) is 9.70. The van der Waals surface area contributed by atoms with E-state index in [-0.39, 0.29) is 23.4 Å². The largest absolute Gasteiger partial charge is 0.353 e. The lowest BCUT2D eigenvalue weighted by molar-refractivity contribution is -0.127. The van der Waals surface area contributed by atoms with Crippen LogP contribution in [0, 0.1) is 5.92 Å². The number of nitrogens with zero attached hydrogens (tertiary/aromatic N) is 1. The molecule has 2 aromatic rings. The number of piperidine rings is 1. The Labute approximate surface area is 154 Å². The lowest BCUT2D eigenvalue weighted by atomic mass is 9.96. The van der Waals surface area contributed by atoms with E-state index < -0.39 is 0 Å². The van der Waals surface area contributed by atoms with Gasteiger partial charge in [-0.15, -0.1) is 0 Å². The summed E-state index contributed by atoms with van der Waals surface area (Å²) in [4.78, 5) is 30.1. The minimum atomic E-state index is -0.0353. The molecule has 2 N–H and O–H groups in total. The van der Waals surface area contributed by atoms with Gasteiger partial charge < -0.3 is 10.3 Å². The molecule has 3 rings (SSSR count). The van der Waals surface area contributed by atoms with Gasteiger partial charge in [-0.3, -0.25) is 14.5 Å². The highest BCUT2D eigenvalue weighted by atomic mass is 16.2. The number of para-hydroxylation sites is 1. The second kappa shape index (κ2) is 8.49. The number of H-pyrrole nitrogens is 1. The second-order valence-electron chi connectivity index (χ2n) is 7.48. The molecular formula is C21H29N3O2. The van der Waals surface area contributed by atoms with Crippen LogP contribution >= 0.6 is 0 Å². The molecule has 1 aliphatic heterocycles. The summed E-state index contributed by atoms with van der Waals surface area (Å²) < 4.78 is 0. The van der Waals surface area contributed by atoms with E-state index >= 15 is 0 Å². The molecule has 0 bridgehead atoms. The molecule has 2 heterocycles. The molecule has 0 saturated carbocycles. The van der Waals surface area contributed by atoms with E-state index in [1.165, 1.54) is 0 Å². The molecule has 2 unspecified atom stereocenters. The lowest BCUT2D eigenvalue weighted by Crippen LogP contribution is -2.45. The number of hydrogen-bond acceptors (Lipinski definition) is 3. The van der Waals surface area contributed by atoms with Gasteiger partial charge in [-0.05, 0) is 50.2 Å². The minimum Gasteiger partial charge on any atom is -0.353 e. The Hall–Kier alpha value is -2.14. The van der Waals surface area contributed by atoms with Crippen LogP contribution in [-0.2, 0) is 11.3 Å². The first-order chi connectivity index (χ1) is 12.6. The standard InChI is InChI=1S/C21H29N3O2/c1-3-7-15(2)22-20(25)17-9-6-11-24(13-17)14-18-12-16-8-4-5-10-19(16)23-21(18)26/h4-5,8,10,12,15,17H,3,6-7,9,11,13-14H2,1-2H3,(H,22,25)(H,23,26). The molecule has 1 fully saturated rings. The maximum Gasteiger partial charge on any atom is 0.252 e. The van der Waals surface area contributed by atoms with Crippen molar-refractivity contribution in [2.45, 2.75) is 52.1 Å². The number of rotatable bonds is 6. The molecule has 2 atom stereocenters. The van der Waals surface area contributed by atoms with E-state index in [1.54, 1.807) is 0 Å². The second-order valence-corrected chi connectivity index (χ2v) is 7.48. The van der Waals surface area contributed by atoms with E-state index in [4.69, 9.17) is 0 Å². The number of carbonyl (C=O) groups excluding carboxylic acids is 1. The average molecular weight is 355 g/mol.